The molecule has 2 fully saturated rings. The van der Waals surface area contributed by atoms with Crippen LogP contribution in [0.3, 0.4) is 0 Å². The summed E-state index contributed by atoms with van der Waals surface area (Å²) in [5.74, 6) is 2.20. The predicted molar refractivity (Wildman–Crippen MR) is 82.7 cm³/mol. The van der Waals surface area contributed by atoms with Gasteiger partial charge in [-0.1, -0.05) is 35.5 Å². The first-order valence-electron chi connectivity index (χ1n) is 7.43. The van der Waals surface area contributed by atoms with Crippen molar-refractivity contribution in [2.45, 2.75) is 31.6 Å². The van der Waals surface area contributed by atoms with Crippen LogP contribution in [0.5, 0.6) is 0 Å². The summed E-state index contributed by atoms with van der Waals surface area (Å²) in [6, 6.07) is 10.5. The van der Waals surface area contributed by atoms with Gasteiger partial charge in [0, 0.05) is 18.9 Å². The number of aromatic nitrogens is 2. The van der Waals surface area contributed by atoms with Crippen LogP contribution < -0.4 is 5.32 Å². The van der Waals surface area contributed by atoms with E-state index >= 15 is 0 Å². The second-order valence-electron chi connectivity index (χ2n) is 6.08. The Balaban J connectivity index is 0.00000132. The molecule has 1 aromatic heterocycles. The highest BCUT2D eigenvalue weighted by molar-refractivity contribution is 5.85. The first kappa shape index (κ1) is 14.5. The Labute approximate surface area is 130 Å². The van der Waals surface area contributed by atoms with Crippen LogP contribution in [0.4, 0.5) is 0 Å². The monoisotopic (exact) mass is 305 g/mol. The SMILES string of the molecule is Cl.c1ccc(CCc2noc(C3CC34CCNC4)n2)cc1. The highest BCUT2D eigenvalue weighted by Crippen LogP contribution is 2.62. The van der Waals surface area contributed by atoms with Gasteiger partial charge in [0.25, 0.3) is 0 Å². The van der Waals surface area contributed by atoms with Crippen LogP contribution in [0, 0.1) is 5.41 Å². The number of hydrogen-bond acceptors (Lipinski definition) is 4. The molecule has 1 saturated carbocycles. The van der Waals surface area contributed by atoms with E-state index in [0.717, 1.165) is 37.6 Å². The van der Waals surface area contributed by atoms with Crippen LogP contribution in [-0.4, -0.2) is 23.2 Å². The van der Waals surface area contributed by atoms with Gasteiger partial charge in [-0.2, -0.15) is 4.98 Å². The van der Waals surface area contributed by atoms with Crippen molar-refractivity contribution in [1.82, 2.24) is 15.5 Å². The molecule has 5 heteroatoms. The maximum atomic E-state index is 5.47. The number of nitrogens with zero attached hydrogens (tertiary/aromatic N) is 2. The van der Waals surface area contributed by atoms with Gasteiger partial charge in [0.1, 0.15) is 0 Å². The molecule has 0 amide bonds. The van der Waals surface area contributed by atoms with Gasteiger partial charge in [0.15, 0.2) is 5.82 Å². The molecule has 2 heterocycles. The summed E-state index contributed by atoms with van der Waals surface area (Å²) in [5.41, 5.74) is 1.75. The van der Waals surface area contributed by atoms with Crippen LogP contribution in [0.15, 0.2) is 34.9 Å². The Morgan fingerprint density at radius 3 is 2.86 bits per heavy atom. The first-order valence-corrected chi connectivity index (χ1v) is 7.43. The second kappa shape index (κ2) is 5.78. The molecule has 2 aromatic rings. The lowest BCUT2D eigenvalue weighted by atomic mass is 10.0. The molecule has 2 atom stereocenters. The molecule has 1 saturated heterocycles. The molecule has 1 aliphatic carbocycles. The lowest BCUT2D eigenvalue weighted by Crippen LogP contribution is -2.10. The van der Waals surface area contributed by atoms with Crippen molar-refractivity contribution in [1.29, 1.82) is 0 Å². The predicted octanol–water partition coefficient (Wildman–Crippen LogP) is 2.74. The fourth-order valence-corrected chi connectivity index (χ4v) is 3.34. The number of nitrogens with one attached hydrogen (secondary N) is 1. The maximum Gasteiger partial charge on any atom is 0.230 e. The van der Waals surface area contributed by atoms with E-state index in [4.69, 9.17) is 4.52 Å². The number of benzene rings is 1. The fraction of sp³-hybridized carbons (Fsp3) is 0.500. The van der Waals surface area contributed by atoms with E-state index in [2.05, 4.69) is 39.7 Å². The summed E-state index contributed by atoms with van der Waals surface area (Å²) in [6.45, 7) is 2.24. The second-order valence-corrected chi connectivity index (χ2v) is 6.08. The topological polar surface area (TPSA) is 51.0 Å². The molecule has 1 aliphatic heterocycles. The third-order valence-corrected chi connectivity index (χ3v) is 4.73. The highest BCUT2D eigenvalue weighted by Gasteiger charge is 2.58. The molecule has 112 valence electrons. The normalized spacial score (nSPS) is 26.8. The van der Waals surface area contributed by atoms with Gasteiger partial charge in [0.2, 0.25) is 5.89 Å². The third-order valence-electron chi connectivity index (χ3n) is 4.73. The third kappa shape index (κ3) is 2.83. The fourth-order valence-electron chi connectivity index (χ4n) is 3.34. The van der Waals surface area contributed by atoms with Gasteiger partial charge < -0.3 is 9.84 Å². The van der Waals surface area contributed by atoms with Crippen molar-refractivity contribution in [2.24, 2.45) is 5.41 Å². The molecule has 21 heavy (non-hydrogen) atoms. The largest absolute Gasteiger partial charge is 0.339 e. The lowest BCUT2D eigenvalue weighted by molar-refractivity contribution is 0.359. The van der Waals surface area contributed by atoms with Crippen molar-refractivity contribution in [2.75, 3.05) is 13.1 Å². The molecule has 1 aromatic carbocycles. The smallest absolute Gasteiger partial charge is 0.230 e. The van der Waals surface area contributed by atoms with Crippen LogP contribution in [0.2, 0.25) is 0 Å². The van der Waals surface area contributed by atoms with Gasteiger partial charge in [-0.25, -0.2) is 0 Å². The minimum Gasteiger partial charge on any atom is -0.339 e. The summed E-state index contributed by atoms with van der Waals surface area (Å²) < 4.78 is 5.47. The van der Waals surface area contributed by atoms with E-state index in [9.17, 15) is 0 Å². The molecular weight excluding hydrogens is 286 g/mol. The zero-order valence-corrected chi connectivity index (χ0v) is 12.7. The molecule has 1 spiro atoms. The Hall–Kier alpha value is -1.39. The van der Waals surface area contributed by atoms with E-state index in [1.165, 1.54) is 18.4 Å². The first-order chi connectivity index (χ1) is 9.86. The van der Waals surface area contributed by atoms with E-state index in [1.807, 2.05) is 6.07 Å². The molecule has 4 rings (SSSR count). The van der Waals surface area contributed by atoms with Crippen LogP contribution in [-0.2, 0) is 12.8 Å². The molecule has 0 bridgehead atoms. The van der Waals surface area contributed by atoms with E-state index in [-0.39, 0.29) is 12.4 Å². The van der Waals surface area contributed by atoms with Gasteiger partial charge in [0.05, 0.1) is 0 Å². The molecular formula is C16H20ClN3O. The molecule has 0 radical (unpaired) electrons. The number of rotatable bonds is 4. The molecule has 2 unspecified atom stereocenters. The summed E-state index contributed by atoms with van der Waals surface area (Å²) in [7, 11) is 0. The standard InChI is InChI=1S/C16H19N3O.ClH/c1-2-4-12(5-3-1)6-7-14-18-15(20-19-14)13-10-16(13)8-9-17-11-16;/h1-5,13,17H,6-11H2;1H. The van der Waals surface area contributed by atoms with Gasteiger partial charge in [-0.05, 0) is 36.8 Å². The zero-order valence-electron chi connectivity index (χ0n) is 11.9. The minimum absolute atomic E-state index is 0. The number of halogens is 1. The van der Waals surface area contributed by atoms with Crippen molar-refractivity contribution in [3.8, 4) is 0 Å². The summed E-state index contributed by atoms with van der Waals surface area (Å²) in [6.07, 6.45) is 4.28. The lowest BCUT2D eigenvalue weighted by Gasteiger charge is -2.02. The molecule has 1 N–H and O–H groups in total. The van der Waals surface area contributed by atoms with E-state index in [0.29, 0.717) is 11.3 Å². The van der Waals surface area contributed by atoms with Crippen molar-refractivity contribution >= 4 is 12.4 Å². The van der Waals surface area contributed by atoms with Crippen LogP contribution in [0.25, 0.3) is 0 Å². The Bertz CT molecular complexity index is 593. The average Bonchev–Trinajstić information content (AvgIpc) is 2.83. The van der Waals surface area contributed by atoms with E-state index in [1.54, 1.807) is 0 Å². The Kier molecular flexibility index (Phi) is 4.00. The van der Waals surface area contributed by atoms with Crippen LogP contribution in [0.1, 0.15) is 36.0 Å². The minimum atomic E-state index is 0. The highest BCUT2D eigenvalue weighted by atomic mass is 35.5. The summed E-state index contributed by atoms with van der Waals surface area (Å²) in [5, 5.41) is 7.58. The Morgan fingerprint density at radius 1 is 1.24 bits per heavy atom. The average molecular weight is 306 g/mol. The van der Waals surface area contributed by atoms with Gasteiger partial charge >= 0.3 is 0 Å². The molecule has 4 nitrogen and oxygen atoms in total. The molecule has 2 aliphatic rings. The summed E-state index contributed by atoms with van der Waals surface area (Å²) >= 11 is 0. The quantitative estimate of drug-likeness (QED) is 0.943. The maximum absolute atomic E-state index is 5.47. The van der Waals surface area contributed by atoms with E-state index < -0.39 is 0 Å². The zero-order chi connectivity index (χ0) is 13.4. The number of aryl methyl sites for hydroxylation is 2. The van der Waals surface area contributed by atoms with Gasteiger partial charge in [-0.3, -0.25) is 0 Å². The van der Waals surface area contributed by atoms with Crippen molar-refractivity contribution < 1.29 is 4.52 Å². The van der Waals surface area contributed by atoms with Crippen molar-refractivity contribution in [3.05, 3.63) is 47.6 Å². The van der Waals surface area contributed by atoms with Gasteiger partial charge in [-0.15, -0.1) is 12.4 Å². The Morgan fingerprint density at radius 2 is 2.10 bits per heavy atom. The summed E-state index contributed by atoms with van der Waals surface area (Å²) in [4.78, 5) is 4.60. The number of hydrogen-bond donors (Lipinski definition) is 1. The van der Waals surface area contributed by atoms with Crippen molar-refractivity contribution in [3.63, 3.8) is 0 Å². The van der Waals surface area contributed by atoms with Crippen LogP contribution >= 0.6 is 12.4 Å².